The number of hydrogen-bond acceptors (Lipinski definition) is 3. The number of carbonyl (C=O) groups is 1. The molecule has 2 aromatic carbocycles. The van der Waals surface area contributed by atoms with E-state index in [1.54, 1.807) is 6.07 Å². The van der Waals surface area contributed by atoms with Gasteiger partial charge < -0.3 is 5.32 Å². The highest BCUT2D eigenvalue weighted by molar-refractivity contribution is 6.42. The maximum absolute atomic E-state index is 13.9. The van der Waals surface area contributed by atoms with Crippen molar-refractivity contribution in [2.45, 2.75) is 51.4 Å². The van der Waals surface area contributed by atoms with Gasteiger partial charge in [-0.3, -0.25) is 14.7 Å². The topological polar surface area (TPSA) is 44.7 Å². The Morgan fingerprint density at radius 3 is 2.67 bits per heavy atom. The molecule has 2 fully saturated rings. The second-order valence-corrected chi connectivity index (χ2v) is 11.1. The molecule has 4 unspecified atom stereocenters. The third-order valence-electron chi connectivity index (χ3n) is 7.69. The summed E-state index contributed by atoms with van der Waals surface area (Å²) in [5, 5.41) is 4.23. The highest BCUT2D eigenvalue weighted by Gasteiger charge is 2.67. The molecular weight excluding hydrogens is 453 g/mol. The summed E-state index contributed by atoms with van der Waals surface area (Å²) in [6, 6.07) is 16.2. The van der Waals surface area contributed by atoms with Crippen LogP contribution in [0.1, 0.15) is 37.8 Å². The predicted octanol–water partition coefficient (Wildman–Crippen LogP) is 5.62. The number of aliphatic imine (C=N–C) groups is 1. The van der Waals surface area contributed by atoms with Gasteiger partial charge in [0.1, 0.15) is 0 Å². The van der Waals surface area contributed by atoms with Gasteiger partial charge in [-0.25, -0.2) is 0 Å². The average Bonchev–Trinajstić information content (AvgIpc) is 3.06. The highest BCUT2D eigenvalue weighted by atomic mass is 35.5. The van der Waals surface area contributed by atoms with Crippen LogP contribution in [0.25, 0.3) is 0 Å². The molecule has 1 aliphatic carbocycles. The zero-order valence-corrected chi connectivity index (χ0v) is 20.7. The fraction of sp³-hybridized carbons (Fsp3) is 0.481. The minimum atomic E-state index is -0.709. The minimum absolute atomic E-state index is 0.0438. The third-order valence-corrected chi connectivity index (χ3v) is 8.43. The number of carbonyl (C=O) groups excluding carboxylic acids is 1. The van der Waals surface area contributed by atoms with E-state index in [-0.39, 0.29) is 17.9 Å². The molecule has 4 nitrogen and oxygen atoms in total. The Kier molecular flexibility index (Phi) is 6.28. The molecule has 0 spiro atoms. The van der Waals surface area contributed by atoms with Gasteiger partial charge in [-0.1, -0.05) is 73.4 Å². The SMILES string of the molecule is CC(C)CC1C2C=NC3(C(=O)NCc4ccc(Cl)c(Cl)c4)C(C2)CN(Cc2ccccc2)[C@@H]13. The van der Waals surface area contributed by atoms with Crippen LogP contribution in [0.15, 0.2) is 53.5 Å². The van der Waals surface area contributed by atoms with Crippen molar-refractivity contribution < 1.29 is 4.79 Å². The van der Waals surface area contributed by atoms with Crippen molar-refractivity contribution in [3.8, 4) is 0 Å². The lowest BCUT2D eigenvalue weighted by molar-refractivity contribution is -0.132. The van der Waals surface area contributed by atoms with Gasteiger partial charge in [0.2, 0.25) is 5.91 Å². The lowest BCUT2D eigenvalue weighted by Crippen LogP contribution is -2.65. The van der Waals surface area contributed by atoms with Crippen LogP contribution in [0.2, 0.25) is 10.0 Å². The van der Waals surface area contributed by atoms with Crippen LogP contribution in [0.5, 0.6) is 0 Å². The maximum Gasteiger partial charge on any atom is 0.250 e. The van der Waals surface area contributed by atoms with Gasteiger partial charge in [0, 0.05) is 37.8 Å². The number of benzene rings is 2. The molecule has 4 aliphatic rings. The van der Waals surface area contributed by atoms with Gasteiger partial charge in [0.25, 0.3) is 0 Å². The quantitative estimate of drug-likeness (QED) is 0.555. The van der Waals surface area contributed by atoms with Crippen LogP contribution in [-0.2, 0) is 17.9 Å². The van der Waals surface area contributed by atoms with Gasteiger partial charge in [-0.05, 0) is 53.9 Å². The average molecular weight is 484 g/mol. The standard InChI is InChI=1S/C27H31Cl2N3O/c1-17(2)10-22-20-12-21-16-32(15-18-6-4-3-5-7-18)25(22)27(21,31-14-20)26(33)30-13-19-8-9-23(28)24(29)11-19/h3-9,11,14,17,20-22,25H,10,12-13,15-16H2,1-2H3,(H,30,33)/t20?,21?,22?,25-,27?/m0/s1. The predicted molar refractivity (Wildman–Crippen MR) is 135 cm³/mol. The zero-order chi connectivity index (χ0) is 23.2. The molecule has 6 rings (SSSR count). The van der Waals surface area contributed by atoms with Crippen molar-refractivity contribution >= 4 is 35.3 Å². The first-order valence-electron chi connectivity index (χ1n) is 11.9. The van der Waals surface area contributed by atoms with Crippen LogP contribution in [0.4, 0.5) is 0 Å². The van der Waals surface area contributed by atoms with Gasteiger partial charge in [0.05, 0.1) is 10.0 Å². The first-order valence-corrected chi connectivity index (χ1v) is 12.7. The molecule has 1 saturated carbocycles. The Morgan fingerprint density at radius 1 is 1.15 bits per heavy atom. The van der Waals surface area contributed by atoms with E-state index >= 15 is 0 Å². The third kappa shape index (κ3) is 4.11. The Bertz CT molecular complexity index is 1060. The lowest BCUT2D eigenvalue weighted by Gasteiger charge is -2.51. The Morgan fingerprint density at radius 2 is 1.94 bits per heavy atom. The number of rotatable bonds is 7. The highest BCUT2D eigenvalue weighted by Crippen LogP contribution is 2.55. The van der Waals surface area contributed by atoms with Gasteiger partial charge in [0.15, 0.2) is 5.54 Å². The molecule has 4 bridgehead atoms. The van der Waals surface area contributed by atoms with E-state index in [4.69, 9.17) is 28.2 Å². The summed E-state index contributed by atoms with van der Waals surface area (Å²) in [4.78, 5) is 21.4. The molecule has 3 aliphatic heterocycles. The second-order valence-electron chi connectivity index (χ2n) is 10.3. The van der Waals surface area contributed by atoms with Crippen LogP contribution in [-0.4, -0.2) is 35.1 Å². The van der Waals surface area contributed by atoms with Crippen LogP contribution < -0.4 is 5.32 Å². The second kappa shape index (κ2) is 9.05. The fourth-order valence-corrected chi connectivity index (χ4v) is 6.72. The molecule has 0 radical (unpaired) electrons. The van der Waals surface area contributed by atoms with E-state index < -0.39 is 5.54 Å². The van der Waals surface area contributed by atoms with E-state index in [1.807, 2.05) is 12.1 Å². The van der Waals surface area contributed by atoms with Gasteiger partial charge in [-0.15, -0.1) is 0 Å². The summed E-state index contributed by atoms with van der Waals surface area (Å²) < 4.78 is 0. The van der Waals surface area contributed by atoms with E-state index in [0.717, 1.165) is 31.5 Å². The van der Waals surface area contributed by atoms with Crippen molar-refractivity contribution in [1.29, 1.82) is 0 Å². The van der Waals surface area contributed by atoms with Crippen molar-refractivity contribution in [2.24, 2.45) is 28.7 Å². The molecule has 6 heteroatoms. The van der Waals surface area contributed by atoms with Crippen LogP contribution >= 0.6 is 23.2 Å². The molecule has 3 heterocycles. The summed E-state index contributed by atoms with van der Waals surface area (Å²) in [6.45, 7) is 6.76. The summed E-state index contributed by atoms with van der Waals surface area (Å²) in [5.74, 6) is 1.78. The van der Waals surface area contributed by atoms with E-state index in [0.29, 0.717) is 34.3 Å². The number of hydrogen-bond donors (Lipinski definition) is 1. The molecule has 1 N–H and O–H groups in total. The zero-order valence-electron chi connectivity index (χ0n) is 19.2. The molecule has 5 atom stereocenters. The van der Waals surface area contributed by atoms with Crippen molar-refractivity contribution in [3.63, 3.8) is 0 Å². The molecule has 33 heavy (non-hydrogen) atoms. The van der Waals surface area contributed by atoms with E-state index in [1.165, 1.54) is 5.56 Å². The minimum Gasteiger partial charge on any atom is -0.350 e. The first kappa shape index (κ1) is 22.9. The first-order chi connectivity index (χ1) is 15.9. The summed E-state index contributed by atoms with van der Waals surface area (Å²) in [7, 11) is 0. The molecule has 2 aromatic rings. The summed E-state index contributed by atoms with van der Waals surface area (Å²) in [6.07, 6.45) is 4.26. The monoisotopic (exact) mass is 483 g/mol. The number of amides is 1. The molecule has 1 amide bonds. The van der Waals surface area contributed by atoms with Crippen molar-refractivity contribution in [1.82, 2.24) is 10.2 Å². The number of likely N-dealkylation sites (tertiary alicyclic amines) is 1. The van der Waals surface area contributed by atoms with Gasteiger partial charge in [-0.2, -0.15) is 0 Å². The van der Waals surface area contributed by atoms with Crippen LogP contribution in [0.3, 0.4) is 0 Å². The van der Waals surface area contributed by atoms with E-state index in [2.05, 4.69) is 60.6 Å². The largest absolute Gasteiger partial charge is 0.350 e. The lowest BCUT2D eigenvalue weighted by atomic mass is 9.59. The number of halogens is 2. The Labute approximate surface area is 206 Å². The summed E-state index contributed by atoms with van der Waals surface area (Å²) >= 11 is 12.2. The Balaban J connectivity index is 1.43. The molecule has 174 valence electrons. The van der Waals surface area contributed by atoms with Crippen molar-refractivity contribution in [3.05, 3.63) is 69.7 Å². The molecule has 0 aromatic heterocycles. The molecule has 1 saturated heterocycles. The maximum atomic E-state index is 13.9. The number of nitrogens with one attached hydrogen (secondary N) is 1. The van der Waals surface area contributed by atoms with Crippen LogP contribution in [0, 0.1) is 23.7 Å². The molecular formula is C27H31Cl2N3O. The normalized spacial score (nSPS) is 30.2. The fourth-order valence-electron chi connectivity index (χ4n) is 6.40. The summed E-state index contributed by atoms with van der Waals surface area (Å²) in [5.41, 5.74) is 1.52. The van der Waals surface area contributed by atoms with E-state index in [9.17, 15) is 4.79 Å². The van der Waals surface area contributed by atoms with Gasteiger partial charge >= 0.3 is 0 Å². The smallest absolute Gasteiger partial charge is 0.250 e. The Hall–Kier alpha value is -1.88. The van der Waals surface area contributed by atoms with Crippen molar-refractivity contribution in [2.75, 3.05) is 6.54 Å². The number of nitrogens with zero attached hydrogens (tertiary/aromatic N) is 2.